The molecule has 0 radical (unpaired) electrons. The van der Waals surface area contributed by atoms with Crippen LogP contribution in [0.25, 0.3) is 0 Å². The summed E-state index contributed by atoms with van der Waals surface area (Å²) < 4.78 is 5.54. The Labute approximate surface area is 120 Å². The summed E-state index contributed by atoms with van der Waals surface area (Å²) in [6.07, 6.45) is 2.98. The molecule has 1 fully saturated rings. The van der Waals surface area contributed by atoms with E-state index in [-0.39, 0.29) is 13.2 Å². The highest BCUT2D eigenvalue weighted by molar-refractivity contribution is 5.43. The molecule has 1 aromatic rings. The molecule has 112 valence electrons. The molecule has 20 heavy (non-hydrogen) atoms. The summed E-state index contributed by atoms with van der Waals surface area (Å²) in [6, 6.07) is 7.68. The number of rotatable bonds is 8. The summed E-state index contributed by atoms with van der Waals surface area (Å²) in [5.41, 5.74) is 6.32. The standard InChI is InChI=1S/C15H24N2O3/c16-12-3-1-6-15(9-12)20-11-14(19)10-17(7-8-18)13-4-2-5-13/h1,3,6,9,13-14,18-19H,2,4-5,7-8,10-11,16H2. The predicted molar refractivity (Wildman–Crippen MR) is 78.7 cm³/mol. The maximum atomic E-state index is 10.1. The molecule has 0 heterocycles. The number of nitrogens with zero attached hydrogens (tertiary/aromatic N) is 1. The first-order valence-corrected chi connectivity index (χ1v) is 7.20. The normalized spacial score (nSPS) is 16.9. The first-order valence-electron chi connectivity index (χ1n) is 7.20. The second kappa shape index (κ2) is 7.47. The maximum Gasteiger partial charge on any atom is 0.121 e. The average Bonchev–Trinajstić information content (AvgIpc) is 2.35. The molecule has 0 aliphatic heterocycles. The van der Waals surface area contributed by atoms with E-state index in [2.05, 4.69) is 4.90 Å². The topological polar surface area (TPSA) is 79.0 Å². The lowest BCUT2D eigenvalue weighted by atomic mass is 9.91. The molecule has 5 nitrogen and oxygen atoms in total. The Kier molecular flexibility index (Phi) is 5.64. The number of ether oxygens (including phenoxy) is 1. The van der Waals surface area contributed by atoms with Gasteiger partial charge in [-0.05, 0) is 25.0 Å². The monoisotopic (exact) mass is 280 g/mol. The average molecular weight is 280 g/mol. The van der Waals surface area contributed by atoms with Crippen molar-refractivity contribution in [2.75, 3.05) is 32.0 Å². The minimum Gasteiger partial charge on any atom is -0.491 e. The van der Waals surface area contributed by atoms with Crippen molar-refractivity contribution in [3.63, 3.8) is 0 Å². The number of nitrogens with two attached hydrogens (primary N) is 1. The van der Waals surface area contributed by atoms with Gasteiger partial charge in [-0.25, -0.2) is 0 Å². The van der Waals surface area contributed by atoms with Gasteiger partial charge >= 0.3 is 0 Å². The molecule has 5 heteroatoms. The van der Waals surface area contributed by atoms with Crippen LogP contribution in [0.4, 0.5) is 5.69 Å². The second-order valence-corrected chi connectivity index (χ2v) is 5.34. The van der Waals surface area contributed by atoms with Crippen molar-refractivity contribution in [2.45, 2.75) is 31.4 Å². The van der Waals surface area contributed by atoms with Gasteiger partial charge in [-0.15, -0.1) is 0 Å². The number of hydrogen-bond donors (Lipinski definition) is 3. The van der Waals surface area contributed by atoms with Crippen molar-refractivity contribution >= 4 is 5.69 Å². The van der Waals surface area contributed by atoms with Gasteiger partial charge < -0.3 is 20.7 Å². The maximum absolute atomic E-state index is 10.1. The van der Waals surface area contributed by atoms with Crippen molar-refractivity contribution in [3.05, 3.63) is 24.3 Å². The van der Waals surface area contributed by atoms with Crippen molar-refractivity contribution in [2.24, 2.45) is 0 Å². The zero-order chi connectivity index (χ0) is 14.4. The number of aliphatic hydroxyl groups excluding tert-OH is 2. The van der Waals surface area contributed by atoms with E-state index in [0.717, 1.165) is 12.8 Å². The first-order chi connectivity index (χ1) is 9.69. The summed E-state index contributed by atoms with van der Waals surface area (Å²) >= 11 is 0. The van der Waals surface area contributed by atoms with Crippen LogP contribution in [0.3, 0.4) is 0 Å². The number of hydrogen-bond acceptors (Lipinski definition) is 5. The van der Waals surface area contributed by atoms with Crippen LogP contribution >= 0.6 is 0 Å². The number of anilines is 1. The molecule has 4 N–H and O–H groups in total. The predicted octanol–water partition coefficient (Wildman–Crippen LogP) is 0.855. The number of nitrogen functional groups attached to an aromatic ring is 1. The van der Waals surface area contributed by atoms with E-state index >= 15 is 0 Å². The fourth-order valence-electron chi connectivity index (χ4n) is 2.42. The van der Waals surface area contributed by atoms with Gasteiger partial charge in [0.25, 0.3) is 0 Å². The molecule has 1 saturated carbocycles. The molecule has 2 rings (SSSR count). The van der Waals surface area contributed by atoms with Crippen LogP contribution in [0.5, 0.6) is 5.75 Å². The van der Waals surface area contributed by atoms with Crippen molar-refractivity contribution in [1.82, 2.24) is 4.90 Å². The minimum atomic E-state index is -0.566. The molecule has 0 bridgehead atoms. The lowest BCUT2D eigenvalue weighted by molar-refractivity contribution is 0.0258. The van der Waals surface area contributed by atoms with Crippen LogP contribution in [0.15, 0.2) is 24.3 Å². The summed E-state index contributed by atoms with van der Waals surface area (Å²) in [7, 11) is 0. The van der Waals surface area contributed by atoms with E-state index in [1.54, 1.807) is 12.1 Å². The smallest absolute Gasteiger partial charge is 0.121 e. The van der Waals surface area contributed by atoms with Crippen molar-refractivity contribution in [3.8, 4) is 5.75 Å². The van der Waals surface area contributed by atoms with Gasteiger partial charge in [0.1, 0.15) is 18.5 Å². The zero-order valence-corrected chi connectivity index (χ0v) is 11.7. The van der Waals surface area contributed by atoms with Crippen molar-refractivity contribution < 1.29 is 14.9 Å². The molecule has 1 aromatic carbocycles. The van der Waals surface area contributed by atoms with E-state index in [9.17, 15) is 5.11 Å². The third kappa shape index (κ3) is 4.37. The second-order valence-electron chi connectivity index (χ2n) is 5.34. The highest BCUT2D eigenvalue weighted by atomic mass is 16.5. The van der Waals surface area contributed by atoms with Gasteiger partial charge in [0.15, 0.2) is 0 Å². The number of benzene rings is 1. The van der Waals surface area contributed by atoms with Gasteiger partial charge in [-0.3, -0.25) is 4.90 Å². The fourth-order valence-corrected chi connectivity index (χ4v) is 2.42. The molecule has 1 unspecified atom stereocenters. The Hall–Kier alpha value is -1.30. The summed E-state index contributed by atoms with van der Waals surface area (Å²) in [4.78, 5) is 2.15. The van der Waals surface area contributed by atoms with E-state index in [1.165, 1.54) is 6.42 Å². The van der Waals surface area contributed by atoms with E-state index in [0.29, 0.717) is 30.6 Å². The Morgan fingerprint density at radius 2 is 2.20 bits per heavy atom. The van der Waals surface area contributed by atoms with E-state index in [1.807, 2.05) is 12.1 Å². The summed E-state index contributed by atoms with van der Waals surface area (Å²) in [5, 5.41) is 19.2. The Morgan fingerprint density at radius 1 is 1.40 bits per heavy atom. The third-order valence-electron chi connectivity index (χ3n) is 3.72. The van der Waals surface area contributed by atoms with Gasteiger partial charge in [0, 0.05) is 30.9 Å². The van der Waals surface area contributed by atoms with Gasteiger partial charge in [0.05, 0.1) is 6.61 Å². The van der Waals surface area contributed by atoms with Crippen LogP contribution in [-0.4, -0.2) is 53.6 Å². The fraction of sp³-hybridized carbons (Fsp3) is 0.600. The van der Waals surface area contributed by atoms with E-state index < -0.39 is 6.10 Å². The Morgan fingerprint density at radius 3 is 2.80 bits per heavy atom. The van der Waals surface area contributed by atoms with Gasteiger partial charge in [0.2, 0.25) is 0 Å². The Balaban J connectivity index is 1.77. The molecule has 0 aromatic heterocycles. The zero-order valence-electron chi connectivity index (χ0n) is 11.7. The molecule has 1 aliphatic carbocycles. The van der Waals surface area contributed by atoms with Crippen LogP contribution in [0, 0.1) is 0 Å². The highest BCUT2D eigenvalue weighted by Gasteiger charge is 2.26. The lowest BCUT2D eigenvalue weighted by Crippen LogP contribution is -2.46. The molecular weight excluding hydrogens is 256 g/mol. The highest BCUT2D eigenvalue weighted by Crippen LogP contribution is 2.24. The van der Waals surface area contributed by atoms with Gasteiger partial charge in [-0.1, -0.05) is 12.5 Å². The quantitative estimate of drug-likeness (QED) is 0.615. The van der Waals surface area contributed by atoms with Crippen molar-refractivity contribution in [1.29, 1.82) is 0 Å². The lowest BCUT2D eigenvalue weighted by Gasteiger charge is -2.38. The summed E-state index contributed by atoms with van der Waals surface area (Å²) in [5.74, 6) is 0.668. The van der Waals surface area contributed by atoms with Gasteiger partial charge in [-0.2, -0.15) is 0 Å². The van der Waals surface area contributed by atoms with E-state index in [4.69, 9.17) is 15.6 Å². The van der Waals surface area contributed by atoms with Crippen LogP contribution in [0.1, 0.15) is 19.3 Å². The SMILES string of the molecule is Nc1cccc(OCC(O)CN(CCO)C2CCC2)c1. The number of aliphatic hydroxyl groups is 2. The largest absolute Gasteiger partial charge is 0.491 e. The molecule has 0 saturated heterocycles. The first kappa shape index (κ1) is 15.1. The van der Waals surface area contributed by atoms with Crippen LogP contribution < -0.4 is 10.5 Å². The summed E-state index contributed by atoms with van der Waals surface area (Å²) in [6.45, 7) is 1.50. The Bertz CT molecular complexity index is 410. The molecular formula is C15H24N2O3. The molecule has 1 atom stereocenters. The third-order valence-corrected chi connectivity index (χ3v) is 3.72. The molecule has 0 spiro atoms. The molecule has 0 amide bonds. The minimum absolute atomic E-state index is 0.124. The van der Waals surface area contributed by atoms with Crippen LogP contribution in [-0.2, 0) is 0 Å². The van der Waals surface area contributed by atoms with Crippen LogP contribution in [0.2, 0.25) is 0 Å². The molecule has 1 aliphatic rings.